The van der Waals surface area contributed by atoms with Gasteiger partial charge in [-0.05, 0) is 100 Å². The number of dihydropyridines is 1. The van der Waals surface area contributed by atoms with E-state index in [1.54, 1.807) is 49.2 Å². The van der Waals surface area contributed by atoms with E-state index in [9.17, 15) is 30.2 Å². The van der Waals surface area contributed by atoms with Crippen LogP contribution in [0.15, 0.2) is 83.2 Å². The molecule has 0 saturated heterocycles. The molecule has 3 aromatic carbocycles. The number of non-ortho nitro benzene ring substituents is 1. The highest BCUT2D eigenvalue weighted by molar-refractivity contribution is 6.00. The number of esters is 2. The second-order valence-electron chi connectivity index (χ2n) is 14.9. The Balaban J connectivity index is 0.000000330. The van der Waals surface area contributed by atoms with Crippen LogP contribution in [-0.4, -0.2) is 83.6 Å². The molecule has 0 aliphatic carbocycles. The quantitative estimate of drug-likeness (QED) is 0.0749. The molecule has 0 fully saturated rings. The number of hydrogen-bond donors (Lipinski definition) is 1. The van der Waals surface area contributed by atoms with Crippen molar-refractivity contribution in [2.45, 2.75) is 71.3 Å². The third-order valence-electron chi connectivity index (χ3n) is 10.5. The fourth-order valence-electron chi connectivity index (χ4n) is 7.17. The predicted molar refractivity (Wildman–Crippen MR) is 229 cm³/mol. The summed E-state index contributed by atoms with van der Waals surface area (Å²) in [6.07, 6.45) is 2.18. The van der Waals surface area contributed by atoms with Crippen molar-refractivity contribution in [1.82, 2.24) is 10.2 Å². The van der Waals surface area contributed by atoms with E-state index in [2.05, 4.69) is 43.2 Å². The van der Waals surface area contributed by atoms with Crippen molar-refractivity contribution in [2.24, 2.45) is 5.92 Å². The lowest BCUT2D eigenvalue weighted by atomic mass is 9.69. The highest BCUT2D eigenvalue weighted by atomic mass is 16.6. The van der Waals surface area contributed by atoms with Crippen LogP contribution in [0, 0.1) is 38.7 Å². The third kappa shape index (κ3) is 12.0. The number of nitro benzene ring substituents is 1. The average molecular weight is 840 g/mol. The minimum Gasteiger partial charge on any atom is -0.493 e. The average Bonchev–Trinajstić information content (AvgIpc) is 3.25. The Kier molecular flexibility index (Phi) is 18.2. The number of carbonyl (C=O) groups is 2. The summed E-state index contributed by atoms with van der Waals surface area (Å²) in [5, 5.41) is 33.6. The number of nitrogens with one attached hydrogen (secondary N) is 1. The number of rotatable bonds is 18. The Morgan fingerprint density at radius 2 is 1.48 bits per heavy atom. The fraction of sp³-hybridized carbons (Fsp3) is 0.435. The van der Waals surface area contributed by atoms with Crippen molar-refractivity contribution < 1.29 is 42.9 Å². The maximum Gasteiger partial charge on any atom is 0.337 e. The number of nitrogens with zero attached hydrogens (tertiary/aromatic N) is 4. The van der Waals surface area contributed by atoms with Crippen LogP contribution in [0.5, 0.6) is 23.0 Å². The predicted octanol–water partition coefficient (Wildman–Crippen LogP) is 7.55. The summed E-state index contributed by atoms with van der Waals surface area (Å²) in [6.45, 7) is 11.0. The monoisotopic (exact) mass is 839 g/mol. The molecule has 0 saturated carbocycles. The number of benzene rings is 3. The molecule has 1 aliphatic rings. The van der Waals surface area contributed by atoms with Crippen molar-refractivity contribution in [1.29, 1.82) is 10.5 Å². The van der Waals surface area contributed by atoms with Gasteiger partial charge in [-0.3, -0.25) is 10.1 Å². The Labute approximate surface area is 358 Å². The number of hydrogen-bond acceptors (Lipinski definition) is 14. The number of allylic oxidation sites excluding steroid dienone is 2. The van der Waals surface area contributed by atoms with E-state index in [4.69, 9.17) is 28.4 Å². The van der Waals surface area contributed by atoms with Crippen LogP contribution in [0.25, 0.3) is 0 Å². The summed E-state index contributed by atoms with van der Waals surface area (Å²) in [7, 11) is 9.81. The van der Waals surface area contributed by atoms with E-state index in [0.29, 0.717) is 22.8 Å². The van der Waals surface area contributed by atoms with E-state index in [1.807, 2.05) is 36.4 Å². The zero-order chi connectivity index (χ0) is 45.4. The van der Waals surface area contributed by atoms with Gasteiger partial charge in [0.15, 0.2) is 23.0 Å². The smallest absolute Gasteiger partial charge is 0.337 e. The molecule has 15 nitrogen and oxygen atoms in total. The normalized spacial score (nSPS) is 14.5. The molecule has 0 spiro atoms. The zero-order valence-electron chi connectivity index (χ0n) is 36.9. The van der Waals surface area contributed by atoms with Crippen LogP contribution in [0.4, 0.5) is 5.69 Å². The maximum atomic E-state index is 12.8. The Morgan fingerprint density at radius 3 is 2.02 bits per heavy atom. The van der Waals surface area contributed by atoms with Gasteiger partial charge in [0.25, 0.3) is 5.69 Å². The molecule has 2 unspecified atom stereocenters. The fourth-order valence-corrected chi connectivity index (χ4v) is 7.17. The molecule has 1 heterocycles. The van der Waals surface area contributed by atoms with Crippen molar-refractivity contribution in [3.63, 3.8) is 0 Å². The van der Waals surface area contributed by atoms with Gasteiger partial charge < -0.3 is 38.6 Å². The van der Waals surface area contributed by atoms with E-state index in [1.165, 1.54) is 29.8 Å². The van der Waals surface area contributed by atoms with Crippen molar-refractivity contribution in [3.8, 4) is 35.1 Å². The summed E-state index contributed by atoms with van der Waals surface area (Å²) in [6, 6.07) is 21.9. The van der Waals surface area contributed by atoms with Crippen LogP contribution in [-0.2, 0) is 30.9 Å². The van der Waals surface area contributed by atoms with Crippen LogP contribution in [0.3, 0.4) is 0 Å². The van der Waals surface area contributed by atoms with Crippen LogP contribution in [0.2, 0.25) is 0 Å². The second-order valence-corrected chi connectivity index (χ2v) is 14.9. The van der Waals surface area contributed by atoms with Crippen molar-refractivity contribution in [3.05, 3.63) is 110 Å². The number of nitro groups is 1. The number of ether oxygens (including phenoxy) is 6. The molecular weight excluding hydrogens is 783 g/mol. The van der Waals surface area contributed by atoms with Gasteiger partial charge in [0.05, 0.1) is 75.1 Å². The van der Waals surface area contributed by atoms with Gasteiger partial charge in [0.2, 0.25) is 0 Å². The summed E-state index contributed by atoms with van der Waals surface area (Å²) in [5.41, 5.74) is 1.86. The van der Waals surface area contributed by atoms with Crippen LogP contribution >= 0.6 is 0 Å². The van der Waals surface area contributed by atoms with E-state index in [-0.39, 0.29) is 28.4 Å². The molecule has 2 atom stereocenters. The Hall–Kier alpha value is -6.58. The molecule has 0 radical (unpaired) electrons. The minimum atomic E-state index is -1.06. The summed E-state index contributed by atoms with van der Waals surface area (Å²) in [5.74, 6) is 0.397. The SMILES string of the molecule is COC(=O)C1=C(C#N)NC(C)=C(C(=O)OC(C)C)C1c1cccc([N+](=O)[O-])c1.COc1ccc(CCN(C)CCCC(C#N)(c2ccc(OC)c(OC)c2)C(C)C)cc1OC. The lowest BCUT2D eigenvalue weighted by Gasteiger charge is -2.32. The lowest BCUT2D eigenvalue weighted by molar-refractivity contribution is -0.384. The molecular formula is C46H57N5O10. The minimum absolute atomic E-state index is 0.0774. The number of methoxy groups -OCH3 is 5. The molecule has 4 rings (SSSR count). The van der Waals surface area contributed by atoms with E-state index >= 15 is 0 Å². The Morgan fingerprint density at radius 1 is 0.852 bits per heavy atom. The van der Waals surface area contributed by atoms with Crippen molar-refractivity contribution >= 4 is 17.6 Å². The molecule has 1 N–H and O–H groups in total. The zero-order valence-corrected chi connectivity index (χ0v) is 36.9. The summed E-state index contributed by atoms with van der Waals surface area (Å²) >= 11 is 0. The van der Waals surface area contributed by atoms with Gasteiger partial charge in [0, 0.05) is 24.4 Å². The first-order valence-electron chi connectivity index (χ1n) is 19.7. The number of carbonyl (C=O) groups excluding carboxylic acids is 2. The summed E-state index contributed by atoms with van der Waals surface area (Å²) in [4.78, 5) is 38.1. The Bertz CT molecular complexity index is 2190. The molecule has 1 aliphatic heterocycles. The van der Waals surface area contributed by atoms with Gasteiger partial charge >= 0.3 is 11.9 Å². The molecule has 326 valence electrons. The molecule has 3 aromatic rings. The number of nitriles is 2. The van der Waals surface area contributed by atoms with E-state index < -0.39 is 34.3 Å². The maximum absolute atomic E-state index is 12.8. The van der Waals surface area contributed by atoms with Crippen LogP contribution < -0.4 is 24.3 Å². The second kappa shape index (κ2) is 22.7. The topological polar surface area (TPSA) is 196 Å². The standard InChI is InChI=1S/C27H38N2O4.C19H19N3O6/c1-20(2)27(19-28,22-10-12-24(31-5)26(18-22)33-7)14-8-15-29(3)16-13-21-9-11-23(30-4)25(17-21)32-6;1-10(2)28-19(24)15-11(3)21-14(9-20)17(18(23)27-4)16(15)12-6-5-7-13(8-12)22(25)26/h9-12,17-18,20H,8,13-16H2,1-7H3;5-8,10,16,21H,1-4H3. The highest BCUT2D eigenvalue weighted by Crippen LogP contribution is 2.42. The van der Waals surface area contributed by atoms with Gasteiger partial charge in [-0.25, -0.2) is 9.59 Å². The van der Waals surface area contributed by atoms with Gasteiger partial charge in [-0.15, -0.1) is 0 Å². The third-order valence-corrected chi connectivity index (χ3v) is 10.5. The largest absolute Gasteiger partial charge is 0.493 e. The van der Waals surface area contributed by atoms with Crippen LogP contribution in [0.1, 0.15) is 70.1 Å². The number of likely N-dealkylation sites (N-methyl/N-ethyl adjacent to an activating group) is 1. The molecule has 0 amide bonds. The molecule has 0 aromatic heterocycles. The van der Waals surface area contributed by atoms with Gasteiger partial charge in [0.1, 0.15) is 11.8 Å². The summed E-state index contributed by atoms with van der Waals surface area (Å²) < 4.78 is 31.7. The van der Waals surface area contributed by atoms with Gasteiger partial charge in [-0.1, -0.05) is 38.1 Å². The van der Waals surface area contributed by atoms with Gasteiger partial charge in [-0.2, -0.15) is 10.5 Å². The first-order valence-corrected chi connectivity index (χ1v) is 19.7. The molecule has 15 heteroatoms. The first-order chi connectivity index (χ1) is 29.0. The van der Waals surface area contributed by atoms with E-state index in [0.717, 1.165) is 56.5 Å². The molecule has 0 bridgehead atoms. The van der Waals surface area contributed by atoms with Crippen molar-refractivity contribution in [2.75, 3.05) is 55.7 Å². The highest BCUT2D eigenvalue weighted by Gasteiger charge is 2.40. The lowest BCUT2D eigenvalue weighted by Crippen LogP contribution is -2.33. The first kappa shape index (κ1) is 48.8. The molecule has 61 heavy (non-hydrogen) atoms.